The topological polar surface area (TPSA) is 164 Å². The van der Waals surface area contributed by atoms with Crippen LogP contribution in [-0.4, -0.2) is 33.9 Å². The minimum absolute atomic E-state index is 0.0532. The largest absolute Gasteiger partial charge is 0.583 e. The van der Waals surface area contributed by atoms with E-state index in [0.29, 0.717) is 0 Å². The van der Waals surface area contributed by atoms with E-state index in [-0.39, 0.29) is 6.08 Å². The van der Waals surface area contributed by atoms with Crippen molar-refractivity contribution in [3.63, 3.8) is 0 Å². The molecule has 0 aromatic carbocycles. The Morgan fingerprint density at radius 3 is 1.75 bits per heavy atom. The summed E-state index contributed by atoms with van der Waals surface area (Å²) in [7, 11) is -4.87. The molecule has 0 spiro atoms. The van der Waals surface area contributed by atoms with Crippen molar-refractivity contribution in [2.45, 2.75) is 4.99 Å². The lowest BCUT2D eigenvalue weighted by atomic mass is 10.4. The minimum Gasteiger partial charge on any atom is -0.259 e. The van der Waals surface area contributed by atoms with Gasteiger partial charge in [0.1, 0.15) is 9.85 Å². The van der Waals surface area contributed by atoms with Crippen molar-refractivity contribution < 1.29 is 23.2 Å². The fraction of sp³-hybridized carbons (Fsp3) is 0.500. The quantitative estimate of drug-likeness (QED) is 0.343. The van der Waals surface area contributed by atoms with Gasteiger partial charge in [0.05, 0.1) is 4.92 Å². The number of hydrogen-bond donors (Lipinski definition) is 0. The molecule has 0 saturated heterocycles. The SMILES string of the molecule is O=[N+]([O-])C1=CC([N+](=O)[O-])([N+](=O)[O-])S(=O)(=O)C1. The van der Waals surface area contributed by atoms with Crippen LogP contribution in [0, 0.1) is 30.3 Å². The standard InChI is InChI=1S/C4H3N3O8S/c8-5(9)3-1-4(6(10)11,7(12)13)16(14,15)2-3/h1H,2H2. The lowest BCUT2D eigenvalue weighted by Gasteiger charge is -2.06. The third-order valence-corrected chi connectivity index (χ3v) is 3.92. The van der Waals surface area contributed by atoms with Gasteiger partial charge in [0.15, 0.2) is 11.8 Å². The average Bonchev–Trinajstić information content (AvgIpc) is 2.37. The number of hydrogen-bond acceptors (Lipinski definition) is 8. The van der Waals surface area contributed by atoms with Crippen LogP contribution in [0.2, 0.25) is 0 Å². The zero-order chi connectivity index (χ0) is 12.7. The lowest BCUT2D eigenvalue weighted by molar-refractivity contribution is -0.748. The summed E-state index contributed by atoms with van der Waals surface area (Å²) in [5.74, 6) is -1.33. The van der Waals surface area contributed by atoms with Crippen LogP contribution < -0.4 is 0 Å². The van der Waals surface area contributed by atoms with Gasteiger partial charge in [-0.05, 0) is 0 Å². The summed E-state index contributed by atoms with van der Waals surface area (Å²) in [5, 5.41) is 31.2. The molecule has 88 valence electrons. The van der Waals surface area contributed by atoms with Crippen molar-refractivity contribution in [3.05, 3.63) is 42.1 Å². The highest BCUT2D eigenvalue weighted by Gasteiger charge is 2.73. The molecule has 0 atom stereocenters. The molecule has 16 heavy (non-hydrogen) atoms. The number of nitrogens with zero attached hydrogens (tertiary/aromatic N) is 3. The minimum atomic E-state index is -4.87. The molecule has 0 unspecified atom stereocenters. The van der Waals surface area contributed by atoms with Gasteiger partial charge in [-0.25, -0.2) is 8.42 Å². The van der Waals surface area contributed by atoms with Crippen LogP contribution in [0.4, 0.5) is 0 Å². The Morgan fingerprint density at radius 1 is 1.12 bits per heavy atom. The molecule has 1 rings (SSSR count). The predicted molar refractivity (Wildman–Crippen MR) is 45.6 cm³/mol. The van der Waals surface area contributed by atoms with E-state index in [0.717, 1.165) is 0 Å². The van der Waals surface area contributed by atoms with Crippen molar-refractivity contribution in [3.8, 4) is 0 Å². The molecule has 0 bridgehead atoms. The van der Waals surface area contributed by atoms with Gasteiger partial charge >= 0.3 is 14.8 Å². The Bertz CT molecular complexity index is 503. The highest BCUT2D eigenvalue weighted by atomic mass is 32.2. The molecule has 1 aliphatic heterocycles. The van der Waals surface area contributed by atoms with Crippen LogP contribution in [0.5, 0.6) is 0 Å². The number of nitro groups is 3. The molecule has 0 saturated carbocycles. The first-order valence-electron chi connectivity index (χ1n) is 3.52. The van der Waals surface area contributed by atoms with Gasteiger partial charge in [0, 0.05) is 0 Å². The molecule has 1 aliphatic rings. The smallest absolute Gasteiger partial charge is 0.259 e. The first-order valence-corrected chi connectivity index (χ1v) is 5.18. The summed E-state index contributed by atoms with van der Waals surface area (Å²) < 4.78 is 22.5. The van der Waals surface area contributed by atoms with E-state index in [1.54, 1.807) is 0 Å². The van der Waals surface area contributed by atoms with Crippen LogP contribution in [0.15, 0.2) is 11.8 Å². The molecule has 0 amide bonds. The molecule has 11 nitrogen and oxygen atoms in total. The lowest BCUT2D eigenvalue weighted by Crippen LogP contribution is -2.49. The predicted octanol–water partition coefficient (Wildman–Crippen LogP) is -1.22. The average molecular weight is 253 g/mol. The molecule has 0 radical (unpaired) electrons. The van der Waals surface area contributed by atoms with E-state index in [4.69, 9.17) is 0 Å². The van der Waals surface area contributed by atoms with Crippen molar-refractivity contribution in [2.24, 2.45) is 0 Å². The highest BCUT2D eigenvalue weighted by molar-refractivity contribution is 7.93. The second-order valence-corrected chi connectivity index (χ2v) is 4.94. The molecule has 0 aliphatic carbocycles. The Kier molecular flexibility index (Phi) is 2.39. The number of rotatable bonds is 3. The monoisotopic (exact) mass is 253 g/mol. The fourth-order valence-electron chi connectivity index (χ4n) is 1.15. The molecular formula is C4H3N3O8S. The second kappa shape index (κ2) is 3.19. The Balaban J connectivity index is 3.55. The normalized spacial score (nSPS) is 21.1. The Morgan fingerprint density at radius 2 is 1.56 bits per heavy atom. The first kappa shape index (κ1) is 12.0. The first-order chi connectivity index (χ1) is 7.15. The van der Waals surface area contributed by atoms with E-state index < -0.39 is 41.1 Å². The summed E-state index contributed by atoms with van der Waals surface area (Å²) in [4.78, 5) is 23.0. The maximum Gasteiger partial charge on any atom is 0.583 e. The van der Waals surface area contributed by atoms with Crippen LogP contribution in [-0.2, 0) is 9.84 Å². The van der Waals surface area contributed by atoms with Gasteiger partial charge in [0.25, 0.3) is 5.70 Å². The zero-order valence-electron chi connectivity index (χ0n) is 7.30. The van der Waals surface area contributed by atoms with Crippen molar-refractivity contribution in [1.29, 1.82) is 0 Å². The van der Waals surface area contributed by atoms with Gasteiger partial charge in [-0.3, -0.25) is 30.3 Å². The van der Waals surface area contributed by atoms with Gasteiger partial charge in [-0.1, -0.05) is 0 Å². The van der Waals surface area contributed by atoms with Gasteiger partial charge in [-0.15, -0.1) is 0 Å². The van der Waals surface area contributed by atoms with E-state index >= 15 is 0 Å². The van der Waals surface area contributed by atoms with Crippen LogP contribution in [0.25, 0.3) is 0 Å². The van der Waals surface area contributed by atoms with Gasteiger partial charge in [0.2, 0.25) is 0 Å². The molecule has 0 aromatic heterocycles. The van der Waals surface area contributed by atoms with Crippen LogP contribution in [0.1, 0.15) is 0 Å². The second-order valence-electron chi connectivity index (χ2n) is 2.82. The van der Waals surface area contributed by atoms with E-state index in [9.17, 15) is 38.8 Å². The molecule has 12 heteroatoms. The molecule has 0 aromatic rings. The maximum absolute atomic E-state index is 11.2. The summed E-state index contributed by atoms with van der Waals surface area (Å²) >= 11 is 0. The maximum atomic E-state index is 11.2. The number of sulfone groups is 1. The highest BCUT2D eigenvalue weighted by Crippen LogP contribution is 2.31. The van der Waals surface area contributed by atoms with Gasteiger partial charge in [-0.2, -0.15) is 0 Å². The van der Waals surface area contributed by atoms with Crippen molar-refractivity contribution in [2.75, 3.05) is 5.75 Å². The molecule has 0 N–H and O–H groups in total. The molecule has 0 fully saturated rings. The molecule has 1 heterocycles. The third kappa shape index (κ3) is 1.30. The summed E-state index contributed by atoms with van der Waals surface area (Å²) in [6.07, 6.45) is -0.0532. The molecular weight excluding hydrogens is 250 g/mol. The summed E-state index contributed by atoms with van der Waals surface area (Å²) in [6, 6.07) is 0. The van der Waals surface area contributed by atoms with Crippen LogP contribution in [0.3, 0.4) is 0 Å². The Labute approximate surface area is 86.7 Å². The van der Waals surface area contributed by atoms with Crippen molar-refractivity contribution in [1.82, 2.24) is 0 Å². The van der Waals surface area contributed by atoms with Crippen LogP contribution >= 0.6 is 0 Å². The fourth-order valence-corrected chi connectivity index (χ4v) is 2.71. The Hall–Kier alpha value is -2.11. The summed E-state index contributed by atoms with van der Waals surface area (Å²) in [5.41, 5.74) is -1.08. The van der Waals surface area contributed by atoms with Gasteiger partial charge < -0.3 is 0 Å². The van der Waals surface area contributed by atoms with E-state index in [2.05, 4.69) is 0 Å². The zero-order valence-corrected chi connectivity index (χ0v) is 8.12. The van der Waals surface area contributed by atoms with E-state index in [1.165, 1.54) is 0 Å². The third-order valence-electron chi connectivity index (χ3n) is 1.91. The van der Waals surface area contributed by atoms with E-state index in [1.807, 2.05) is 0 Å². The van der Waals surface area contributed by atoms with Crippen molar-refractivity contribution >= 4 is 9.84 Å². The summed E-state index contributed by atoms with van der Waals surface area (Å²) in [6.45, 7) is 0.